The van der Waals surface area contributed by atoms with Gasteiger partial charge in [0.15, 0.2) is 21.3 Å². The zero-order valence-electron chi connectivity index (χ0n) is 16.1. The van der Waals surface area contributed by atoms with Crippen LogP contribution < -0.4 is 10.9 Å². The summed E-state index contributed by atoms with van der Waals surface area (Å²) in [7, 11) is -3.37. The summed E-state index contributed by atoms with van der Waals surface area (Å²) in [5.41, 5.74) is 0.425. The normalized spacial score (nSPS) is 12.8. The van der Waals surface area contributed by atoms with Crippen LogP contribution in [0, 0.1) is 0 Å². The Labute approximate surface area is 172 Å². The molecule has 3 aromatic heterocycles. The molecular weight excluding hydrogens is 418 g/mol. The number of anilines is 1. The van der Waals surface area contributed by atoms with Gasteiger partial charge in [-0.05, 0) is 24.9 Å². The van der Waals surface area contributed by atoms with Crippen LogP contribution in [-0.2, 0) is 16.4 Å². The summed E-state index contributed by atoms with van der Waals surface area (Å²) in [6.45, 7) is 5.50. The Hall–Kier alpha value is -2.66. The highest BCUT2D eigenvalue weighted by Crippen LogP contribution is 2.18. The topological polar surface area (TPSA) is 133 Å². The Morgan fingerprint density at radius 1 is 1.14 bits per heavy atom. The molecule has 0 saturated heterocycles. The number of aromatic nitrogens is 6. The van der Waals surface area contributed by atoms with Gasteiger partial charge in [0.2, 0.25) is 5.28 Å². The van der Waals surface area contributed by atoms with E-state index in [1.165, 1.54) is 23.2 Å². The molecule has 0 aromatic carbocycles. The van der Waals surface area contributed by atoms with Gasteiger partial charge in [0.25, 0.3) is 5.56 Å². The van der Waals surface area contributed by atoms with Crippen LogP contribution in [0.25, 0.3) is 11.2 Å². The maximum atomic E-state index is 13.0. The predicted molar refractivity (Wildman–Crippen MR) is 109 cm³/mol. The Morgan fingerprint density at radius 3 is 2.45 bits per heavy atom. The van der Waals surface area contributed by atoms with Gasteiger partial charge in [0, 0.05) is 18.4 Å². The summed E-state index contributed by atoms with van der Waals surface area (Å²) >= 11 is 5.89. The highest BCUT2D eigenvalue weighted by atomic mass is 35.5. The maximum Gasteiger partial charge on any atom is 0.295 e. The monoisotopic (exact) mass is 437 g/mol. The highest BCUT2D eigenvalue weighted by molar-refractivity contribution is 7.91. The third kappa shape index (κ3) is 4.35. The van der Waals surface area contributed by atoms with Crippen molar-refractivity contribution in [1.29, 1.82) is 0 Å². The van der Waals surface area contributed by atoms with E-state index >= 15 is 0 Å². The zero-order valence-corrected chi connectivity index (χ0v) is 17.7. The van der Waals surface area contributed by atoms with E-state index in [0.717, 1.165) is 0 Å². The number of halogens is 1. The first-order chi connectivity index (χ1) is 13.8. The molecule has 0 unspecified atom stereocenters. The molecule has 154 valence electrons. The number of hydrogen-bond donors (Lipinski definition) is 1. The smallest absolute Gasteiger partial charge is 0.295 e. The molecule has 3 heterocycles. The molecule has 3 aromatic rings. The molecule has 1 atom stereocenters. The van der Waals surface area contributed by atoms with Crippen LogP contribution >= 0.6 is 11.6 Å². The first-order valence-electron chi connectivity index (χ1n) is 8.99. The van der Waals surface area contributed by atoms with Crippen LogP contribution in [0.15, 0.2) is 28.3 Å². The lowest BCUT2D eigenvalue weighted by Crippen LogP contribution is -2.28. The molecule has 29 heavy (non-hydrogen) atoms. The SMILES string of the molecule is CC[C@@H](C)n1c(=O)c(NCc2ncc(S(=O)(=O)CC)cn2)nc2cnc(Cl)nc21. The molecule has 0 spiro atoms. The molecule has 0 saturated carbocycles. The molecule has 3 rings (SSSR count). The number of fused-ring (bicyclic) bond motifs is 1. The summed E-state index contributed by atoms with van der Waals surface area (Å²) in [5.74, 6) is 0.386. The third-order valence-corrected chi connectivity index (χ3v) is 6.34. The zero-order chi connectivity index (χ0) is 21.2. The second-order valence-electron chi connectivity index (χ2n) is 6.33. The number of sulfone groups is 1. The standard InChI is InChI=1S/C17H20ClN7O3S/c1-4-10(3)25-15-12(8-22-17(18)24-15)23-14(16(25)26)21-9-13-19-6-11(7-20-13)29(27,28)5-2/h6-8,10H,4-5,9H2,1-3H3,(H,21,23)/t10-/m1/s1. The molecule has 0 aliphatic carbocycles. The van der Waals surface area contributed by atoms with Gasteiger partial charge < -0.3 is 5.32 Å². The quantitative estimate of drug-likeness (QED) is 0.551. The van der Waals surface area contributed by atoms with Gasteiger partial charge >= 0.3 is 0 Å². The molecule has 0 radical (unpaired) electrons. The number of nitrogens with zero attached hydrogens (tertiary/aromatic N) is 6. The van der Waals surface area contributed by atoms with Crippen LogP contribution in [-0.4, -0.2) is 43.7 Å². The van der Waals surface area contributed by atoms with Crippen molar-refractivity contribution in [2.75, 3.05) is 11.1 Å². The van der Waals surface area contributed by atoms with Crippen molar-refractivity contribution in [2.45, 2.75) is 44.7 Å². The van der Waals surface area contributed by atoms with E-state index in [1.54, 1.807) is 6.92 Å². The van der Waals surface area contributed by atoms with Gasteiger partial charge in [-0.1, -0.05) is 13.8 Å². The van der Waals surface area contributed by atoms with Crippen LogP contribution in [0.2, 0.25) is 5.28 Å². The molecule has 1 N–H and O–H groups in total. The largest absolute Gasteiger partial charge is 0.358 e. The fourth-order valence-corrected chi connectivity index (χ4v) is 3.50. The van der Waals surface area contributed by atoms with E-state index in [1.807, 2.05) is 13.8 Å². The van der Waals surface area contributed by atoms with Crippen LogP contribution in [0.1, 0.15) is 39.1 Å². The Kier molecular flexibility index (Phi) is 6.08. The molecule has 0 bridgehead atoms. The fourth-order valence-electron chi connectivity index (χ4n) is 2.61. The number of rotatable bonds is 7. The van der Waals surface area contributed by atoms with Crippen molar-refractivity contribution in [3.63, 3.8) is 0 Å². The van der Waals surface area contributed by atoms with Gasteiger partial charge in [-0.15, -0.1) is 0 Å². The highest BCUT2D eigenvalue weighted by Gasteiger charge is 2.17. The van der Waals surface area contributed by atoms with Crippen molar-refractivity contribution >= 4 is 38.4 Å². The predicted octanol–water partition coefficient (Wildman–Crippen LogP) is 2.01. The summed E-state index contributed by atoms with van der Waals surface area (Å²) in [5, 5.41) is 2.95. The van der Waals surface area contributed by atoms with Crippen molar-refractivity contribution in [3.8, 4) is 0 Å². The van der Waals surface area contributed by atoms with Crippen molar-refractivity contribution in [1.82, 2.24) is 29.5 Å². The van der Waals surface area contributed by atoms with E-state index in [0.29, 0.717) is 23.4 Å². The van der Waals surface area contributed by atoms with Crippen LogP contribution in [0.5, 0.6) is 0 Å². The van der Waals surface area contributed by atoms with Gasteiger partial charge in [-0.3, -0.25) is 9.36 Å². The van der Waals surface area contributed by atoms with Crippen molar-refractivity contribution in [3.05, 3.63) is 40.1 Å². The first kappa shape index (κ1) is 21.1. The second kappa shape index (κ2) is 8.37. The first-order valence-corrected chi connectivity index (χ1v) is 11.0. The molecule has 0 aliphatic heterocycles. The average molecular weight is 438 g/mol. The second-order valence-corrected chi connectivity index (χ2v) is 8.95. The molecular formula is C17H20ClN7O3S. The molecule has 10 nitrogen and oxygen atoms in total. The minimum Gasteiger partial charge on any atom is -0.358 e. The summed E-state index contributed by atoms with van der Waals surface area (Å²) < 4.78 is 25.2. The lowest BCUT2D eigenvalue weighted by atomic mass is 10.2. The van der Waals surface area contributed by atoms with E-state index in [-0.39, 0.29) is 39.9 Å². The van der Waals surface area contributed by atoms with E-state index in [9.17, 15) is 13.2 Å². The fraction of sp³-hybridized carbons (Fsp3) is 0.412. The molecule has 12 heteroatoms. The Balaban J connectivity index is 1.94. The Morgan fingerprint density at radius 2 is 1.83 bits per heavy atom. The van der Waals surface area contributed by atoms with Crippen LogP contribution in [0.4, 0.5) is 5.82 Å². The lowest BCUT2D eigenvalue weighted by Gasteiger charge is -2.17. The van der Waals surface area contributed by atoms with E-state index < -0.39 is 9.84 Å². The summed E-state index contributed by atoms with van der Waals surface area (Å²) in [6.07, 6.45) is 4.67. The van der Waals surface area contributed by atoms with E-state index in [4.69, 9.17) is 11.6 Å². The number of nitrogens with one attached hydrogen (secondary N) is 1. The average Bonchev–Trinajstić information content (AvgIpc) is 2.72. The molecule has 0 amide bonds. The molecule has 0 fully saturated rings. The third-order valence-electron chi connectivity index (χ3n) is 4.47. The van der Waals surface area contributed by atoms with E-state index in [2.05, 4.69) is 30.2 Å². The number of hydrogen-bond acceptors (Lipinski definition) is 9. The van der Waals surface area contributed by atoms with Crippen molar-refractivity contribution in [2.24, 2.45) is 0 Å². The lowest BCUT2D eigenvalue weighted by molar-refractivity contribution is 0.526. The Bertz CT molecular complexity index is 1200. The van der Waals surface area contributed by atoms with Gasteiger partial charge in [0.1, 0.15) is 16.2 Å². The van der Waals surface area contributed by atoms with Crippen molar-refractivity contribution < 1.29 is 8.42 Å². The minimum absolute atomic E-state index is 0.0315. The maximum absolute atomic E-state index is 13.0. The van der Waals surface area contributed by atoms with Gasteiger partial charge in [-0.25, -0.2) is 28.4 Å². The van der Waals surface area contributed by atoms with Crippen LogP contribution in [0.3, 0.4) is 0 Å². The minimum atomic E-state index is -3.37. The summed E-state index contributed by atoms with van der Waals surface area (Å²) in [6, 6.07) is -0.130. The van der Waals surface area contributed by atoms with Gasteiger partial charge in [0.05, 0.1) is 18.5 Å². The molecule has 0 aliphatic rings. The summed E-state index contributed by atoms with van der Waals surface area (Å²) in [4.78, 5) is 33.5. The van der Waals surface area contributed by atoms with Gasteiger partial charge in [-0.2, -0.15) is 4.98 Å².